The molecule has 1 N–H and O–H groups in total. The fourth-order valence-corrected chi connectivity index (χ4v) is 3.60. The summed E-state index contributed by atoms with van der Waals surface area (Å²) in [5.41, 5.74) is 3.02. The van der Waals surface area contributed by atoms with Gasteiger partial charge in [0.15, 0.2) is 0 Å². The smallest absolute Gasteiger partial charge is 0.341 e. The number of halogens is 2. The molecule has 0 aliphatic rings. The maximum absolute atomic E-state index is 12.8. The number of sulfone groups is 1. The molecule has 7 heteroatoms. The summed E-state index contributed by atoms with van der Waals surface area (Å²) in [6.45, 7) is 1.97. The summed E-state index contributed by atoms with van der Waals surface area (Å²) in [4.78, 5) is 12.2. The Morgan fingerprint density at radius 3 is 1.93 bits per heavy atom. The molecule has 0 aliphatic heterocycles. The molecule has 3 aromatic carbocycles. The molecule has 0 heterocycles. The Morgan fingerprint density at radius 1 is 0.828 bits per heavy atom. The lowest BCUT2D eigenvalue weighted by Gasteiger charge is -2.20. The lowest BCUT2D eigenvalue weighted by molar-refractivity contribution is 0.0943. The predicted molar refractivity (Wildman–Crippen MR) is 107 cm³/mol. The second-order valence-electron chi connectivity index (χ2n) is 6.56. The van der Waals surface area contributed by atoms with Crippen LogP contribution in [-0.2, 0) is 9.84 Å². The highest BCUT2D eigenvalue weighted by Gasteiger charge is 2.26. The van der Waals surface area contributed by atoms with E-state index in [0.29, 0.717) is 0 Å². The Morgan fingerprint density at radius 2 is 1.38 bits per heavy atom. The molecular formula is C22H19F2NO3S. The van der Waals surface area contributed by atoms with Crippen molar-refractivity contribution < 1.29 is 22.0 Å². The highest BCUT2D eigenvalue weighted by Crippen LogP contribution is 2.24. The van der Waals surface area contributed by atoms with E-state index >= 15 is 0 Å². The maximum Gasteiger partial charge on any atom is 0.341 e. The fourth-order valence-electron chi connectivity index (χ4n) is 2.88. The van der Waals surface area contributed by atoms with Gasteiger partial charge in [0, 0.05) is 5.56 Å². The van der Waals surface area contributed by atoms with E-state index in [-0.39, 0.29) is 5.56 Å². The molecule has 4 nitrogen and oxygen atoms in total. The molecule has 0 fully saturated rings. The molecule has 150 valence electrons. The van der Waals surface area contributed by atoms with E-state index in [1.165, 1.54) is 12.1 Å². The normalized spacial score (nSPS) is 12.6. The van der Waals surface area contributed by atoms with Crippen LogP contribution in [0.3, 0.4) is 0 Å². The van der Waals surface area contributed by atoms with Crippen LogP contribution in [0.15, 0.2) is 83.8 Å². The number of aryl methyl sites for hydroxylation is 1. The van der Waals surface area contributed by atoms with Crippen molar-refractivity contribution in [3.8, 4) is 0 Å². The third kappa shape index (κ3) is 4.68. The van der Waals surface area contributed by atoms with Gasteiger partial charge in [-0.25, -0.2) is 8.42 Å². The maximum atomic E-state index is 12.8. The van der Waals surface area contributed by atoms with Gasteiger partial charge in [0.25, 0.3) is 5.91 Å². The van der Waals surface area contributed by atoms with Gasteiger partial charge >= 0.3 is 5.76 Å². The molecule has 0 aromatic heterocycles. The van der Waals surface area contributed by atoms with E-state index < -0.39 is 32.4 Å². The average molecular weight is 415 g/mol. The summed E-state index contributed by atoms with van der Waals surface area (Å²) in [5.74, 6) is -3.95. The van der Waals surface area contributed by atoms with Gasteiger partial charge in [-0.05, 0) is 42.3 Å². The summed E-state index contributed by atoms with van der Waals surface area (Å²) < 4.78 is 48.4. The van der Waals surface area contributed by atoms with Crippen LogP contribution in [0.4, 0.5) is 8.78 Å². The van der Waals surface area contributed by atoms with Crippen molar-refractivity contribution >= 4 is 15.7 Å². The third-order valence-electron chi connectivity index (χ3n) is 4.50. The van der Waals surface area contributed by atoms with Crippen LogP contribution in [0.25, 0.3) is 0 Å². The summed E-state index contributed by atoms with van der Waals surface area (Å²) in [6.07, 6.45) is 0. The largest absolute Gasteiger partial charge is 0.341 e. The standard InChI is InChI=1S/C22H19F2NO3S/c1-15-7-9-17(10-8-15)20(16-5-3-2-4-6-16)25-21(26)18-11-13-19(14-12-18)29(27,28)22(23)24/h2-14,20,22H,1H3,(H,25,26)/t20-/m0/s1. The summed E-state index contributed by atoms with van der Waals surface area (Å²) in [5, 5.41) is 2.93. The minimum Gasteiger partial charge on any atom is -0.341 e. The molecule has 0 saturated heterocycles. The van der Waals surface area contributed by atoms with Crippen LogP contribution in [0.1, 0.15) is 33.1 Å². The minimum absolute atomic E-state index is 0.172. The van der Waals surface area contributed by atoms with Crippen LogP contribution in [0.2, 0.25) is 0 Å². The molecule has 0 spiro atoms. The average Bonchev–Trinajstić information content (AvgIpc) is 2.73. The zero-order valence-corrected chi connectivity index (χ0v) is 16.4. The second-order valence-corrected chi connectivity index (χ2v) is 8.48. The molecule has 0 aliphatic carbocycles. The third-order valence-corrected chi connectivity index (χ3v) is 5.90. The lowest BCUT2D eigenvalue weighted by atomic mass is 9.97. The number of rotatable bonds is 6. The van der Waals surface area contributed by atoms with Crippen molar-refractivity contribution in [3.05, 3.63) is 101 Å². The van der Waals surface area contributed by atoms with Gasteiger partial charge in [-0.1, -0.05) is 60.2 Å². The van der Waals surface area contributed by atoms with Gasteiger partial charge < -0.3 is 5.32 Å². The van der Waals surface area contributed by atoms with Gasteiger partial charge in [-0.2, -0.15) is 8.78 Å². The van der Waals surface area contributed by atoms with Gasteiger partial charge in [-0.3, -0.25) is 4.79 Å². The molecule has 0 radical (unpaired) electrons. The summed E-state index contributed by atoms with van der Waals surface area (Å²) in [6, 6.07) is 21.2. The van der Waals surface area contributed by atoms with E-state index in [1.54, 1.807) is 0 Å². The highest BCUT2D eigenvalue weighted by atomic mass is 32.2. The van der Waals surface area contributed by atoms with Crippen LogP contribution in [0, 0.1) is 6.92 Å². The Balaban J connectivity index is 1.88. The van der Waals surface area contributed by atoms with Crippen molar-refractivity contribution in [3.63, 3.8) is 0 Å². The summed E-state index contributed by atoms with van der Waals surface area (Å²) in [7, 11) is -4.70. The first-order valence-corrected chi connectivity index (χ1v) is 10.4. The number of carbonyl (C=O) groups excluding carboxylic acids is 1. The van der Waals surface area contributed by atoms with Crippen LogP contribution < -0.4 is 5.32 Å². The Labute approximate surface area is 168 Å². The molecule has 1 atom stereocenters. The van der Waals surface area contributed by atoms with Crippen molar-refractivity contribution in [2.75, 3.05) is 0 Å². The van der Waals surface area contributed by atoms with Crippen molar-refractivity contribution in [2.45, 2.75) is 23.6 Å². The molecule has 29 heavy (non-hydrogen) atoms. The molecule has 1 amide bonds. The van der Waals surface area contributed by atoms with E-state index in [1.807, 2.05) is 61.5 Å². The number of benzene rings is 3. The number of carbonyl (C=O) groups is 1. The number of hydrogen-bond donors (Lipinski definition) is 1. The fraction of sp³-hybridized carbons (Fsp3) is 0.136. The Hall–Kier alpha value is -3.06. The first-order chi connectivity index (χ1) is 13.8. The van der Waals surface area contributed by atoms with Gasteiger partial charge in [0.05, 0.1) is 10.9 Å². The number of alkyl halides is 2. The molecule has 3 aromatic rings. The number of amides is 1. The first kappa shape index (κ1) is 20.7. The van der Waals surface area contributed by atoms with Gasteiger partial charge in [0.1, 0.15) is 0 Å². The summed E-state index contributed by atoms with van der Waals surface area (Å²) >= 11 is 0. The van der Waals surface area contributed by atoms with Gasteiger partial charge in [0.2, 0.25) is 9.84 Å². The number of hydrogen-bond acceptors (Lipinski definition) is 3. The van der Waals surface area contributed by atoms with E-state index in [2.05, 4.69) is 5.32 Å². The lowest BCUT2D eigenvalue weighted by Crippen LogP contribution is -2.29. The van der Waals surface area contributed by atoms with E-state index in [4.69, 9.17) is 0 Å². The van der Waals surface area contributed by atoms with Crippen LogP contribution in [0.5, 0.6) is 0 Å². The molecule has 0 unspecified atom stereocenters. The van der Waals surface area contributed by atoms with Crippen LogP contribution in [-0.4, -0.2) is 20.1 Å². The zero-order chi connectivity index (χ0) is 21.0. The molecular weight excluding hydrogens is 396 g/mol. The second kappa shape index (κ2) is 8.53. The predicted octanol–water partition coefficient (Wildman–Crippen LogP) is 4.51. The van der Waals surface area contributed by atoms with Crippen molar-refractivity contribution in [1.29, 1.82) is 0 Å². The molecule has 0 bridgehead atoms. The molecule has 0 saturated carbocycles. The zero-order valence-electron chi connectivity index (χ0n) is 15.5. The minimum atomic E-state index is -4.70. The first-order valence-electron chi connectivity index (χ1n) is 8.83. The van der Waals surface area contributed by atoms with E-state index in [9.17, 15) is 22.0 Å². The van der Waals surface area contributed by atoms with Crippen molar-refractivity contribution in [2.24, 2.45) is 0 Å². The SMILES string of the molecule is Cc1ccc([C@@H](NC(=O)c2ccc(S(=O)(=O)C(F)F)cc2)c2ccccc2)cc1. The Kier molecular flexibility index (Phi) is 6.08. The number of nitrogens with one attached hydrogen (secondary N) is 1. The van der Waals surface area contributed by atoms with Gasteiger partial charge in [-0.15, -0.1) is 0 Å². The quantitative estimate of drug-likeness (QED) is 0.644. The van der Waals surface area contributed by atoms with Crippen molar-refractivity contribution in [1.82, 2.24) is 5.32 Å². The Bertz CT molecular complexity index is 1080. The molecule has 3 rings (SSSR count). The highest BCUT2D eigenvalue weighted by molar-refractivity contribution is 7.91. The monoisotopic (exact) mass is 415 g/mol. The topological polar surface area (TPSA) is 63.2 Å². The van der Waals surface area contributed by atoms with E-state index in [0.717, 1.165) is 28.8 Å². The van der Waals surface area contributed by atoms with Crippen LogP contribution >= 0.6 is 0 Å².